The van der Waals surface area contributed by atoms with Gasteiger partial charge in [-0.25, -0.2) is 0 Å². The Hall–Kier alpha value is -3.99. The van der Waals surface area contributed by atoms with E-state index in [0.717, 1.165) is 16.5 Å². The molecule has 0 atom stereocenters. The second-order valence-corrected chi connectivity index (χ2v) is 6.74. The van der Waals surface area contributed by atoms with Crippen LogP contribution in [0.5, 0.6) is 0 Å². The van der Waals surface area contributed by atoms with E-state index < -0.39 is 0 Å². The van der Waals surface area contributed by atoms with Gasteiger partial charge in [0.1, 0.15) is 0 Å². The van der Waals surface area contributed by atoms with Crippen molar-refractivity contribution in [1.29, 1.82) is 0 Å². The minimum absolute atomic E-state index is 0.268. The zero-order valence-electron chi connectivity index (χ0n) is 15.8. The van der Waals surface area contributed by atoms with E-state index in [1.54, 1.807) is 36.5 Å². The first kappa shape index (κ1) is 18.4. The van der Waals surface area contributed by atoms with Crippen LogP contribution in [0.3, 0.4) is 0 Å². The van der Waals surface area contributed by atoms with Gasteiger partial charge in [0.05, 0.1) is 11.2 Å². The fourth-order valence-electron chi connectivity index (χ4n) is 3.04. The number of pyridine rings is 1. The lowest BCUT2D eigenvalue weighted by Gasteiger charge is -2.10. The highest BCUT2D eigenvalue weighted by Gasteiger charge is 2.12. The van der Waals surface area contributed by atoms with Crippen LogP contribution in [0, 0.1) is 6.92 Å². The predicted molar refractivity (Wildman–Crippen MR) is 115 cm³/mol. The van der Waals surface area contributed by atoms with Crippen LogP contribution in [0.2, 0.25) is 0 Å². The number of nitrogens with one attached hydrogen (secondary N) is 2. The number of benzene rings is 3. The van der Waals surface area contributed by atoms with E-state index in [-0.39, 0.29) is 11.8 Å². The minimum atomic E-state index is -0.298. The summed E-state index contributed by atoms with van der Waals surface area (Å²) in [5, 5.41) is 6.68. The quantitative estimate of drug-likeness (QED) is 0.520. The van der Waals surface area contributed by atoms with E-state index in [2.05, 4.69) is 15.6 Å². The fraction of sp³-hybridized carbons (Fsp3) is 0.0417. The molecule has 1 aromatic heterocycles. The lowest BCUT2D eigenvalue weighted by atomic mass is 10.1. The van der Waals surface area contributed by atoms with Crippen LogP contribution in [-0.4, -0.2) is 16.8 Å². The summed E-state index contributed by atoms with van der Waals surface area (Å²) in [6, 6.07) is 23.6. The summed E-state index contributed by atoms with van der Waals surface area (Å²) < 4.78 is 0. The predicted octanol–water partition coefficient (Wildman–Crippen LogP) is 5.05. The first-order valence-corrected chi connectivity index (χ1v) is 9.23. The molecule has 4 rings (SSSR count). The van der Waals surface area contributed by atoms with Crippen molar-refractivity contribution in [3.63, 3.8) is 0 Å². The maximum atomic E-state index is 12.8. The molecular formula is C24H19N3O2. The molecule has 0 bridgehead atoms. The fourth-order valence-corrected chi connectivity index (χ4v) is 3.04. The number of anilines is 2. The van der Waals surface area contributed by atoms with E-state index in [1.165, 1.54) is 0 Å². The molecule has 0 aliphatic carbocycles. The molecule has 2 amide bonds. The van der Waals surface area contributed by atoms with Crippen molar-refractivity contribution in [2.45, 2.75) is 6.92 Å². The molecule has 0 fully saturated rings. The molecule has 2 N–H and O–H groups in total. The molecule has 0 aliphatic rings. The van der Waals surface area contributed by atoms with Gasteiger partial charge in [0.2, 0.25) is 0 Å². The van der Waals surface area contributed by atoms with Gasteiger partial charge in [-0.2, -0.15) is 0 Å². The average molecular weight is 381 g/mol. The number of amides is 2. The number of hydrogen-bond acceptors (Lipinski definition) is 3. The van der Waals surface area contributed by atoms with Crippen LogP contribution in [-0.2, 0) is 0 Å². The van der Waals surface area contributed by atoms with Crippen LogP contribution >= 0.6 is 0 Å². The normalized spacial score (nSPS) is 10.5. The maximum Gasteiger partial charge on any atom is 0.255 e. The summed E-state index contributed by atoms with van der Waals surface area (Å²) >= 11 is 0. The SMILES string of the molecule is Cc1ccc(NC(=O)c2cccc(C(=O)Nc3cccc4cccnc34)c2)cc1. The van der Waals surface area contributed by atoms with Crippen molar-refractivity contribution in [3.05, 3.63) is 102 Å². The second-order valence-electron chi connectivity index (χ2n) is 6.74. The van der Waals surface area contributed by atoms with Gasteiger partial charge in [0.15, 0.2) is 0 Å². The van der Waals surface area contributed by atoms with E-state index in [4.69, 9.17) is 0 Å². The molecule has 0 spiro atoms. The van der Waals surface area contributed by atoms with Gasteiger partial charge in [-0.15, -0.1) is 0 Å². The lowest BCUT2D eigenvalue weighted by molar-refractivity contribution is 0.102. The largest absolute Gasteiger partial charge is 0.322 e. The average Bonchev–Trinajstić information content (AvgIpc) is 2.75. The van der Waals surface area contributed by atoms with Gasteiger partial charge in [-0.05, 0) is 49.4 Å². The third kappa shape index (κ3) is 4.14. The molecule has 0 saturated heterocycles. The van der Waals surface area contributed by atoms with Crippen LogP contribution in [0.15, 0.2) is 85.1 Å². The Morgan fingerprint density at radius 2 is 1.41 bits per heavy atom. The van der Waals surface area contributed by atoms with Crippen LogP contribution in [0.25, 0.3) is 10.9 Å². The third-order valence-electron chi connectivity index (χ3n) is 4.58. The topological polar surface area (TPSA) is 71.1 Å². The minimum Gasteiger partial charge on any atom is -0.322 e. The highest BCUT2D eigenvalue weighted by molar-refractivity contribution is 6.10. The molecule has 0 aliphatic heterocycles. The molecule has 0 unspecified atom stereocenters. The van der Waals surface area contributed by atoms with E-state index in [1.807, 2.05) is 55.5 Å². The van der Waals surface area contributed by atoms with Gasteiger partial charge >= 0.3 is 0 Å². The number of rotatable bonds is 4. The summed E-state index contributed by atoms with van der Waals surface area (Å²) in [6.45, 7) is 1.99. The zero-order valence-corrected chi connectivity index (χ0v) is 15.8. The van der Waals surface area contributed by atoms with Crippen molar-refractivity contribution < 1.29 is 9.59 Å². The summed E-state index contributed by atoms with van der Waals surface area (Å²) in [5.74, 6) is -0.566. The maximum absolute atomic E-state index is 12.8. The summed E-state index contributed by atoms with van der Waals surface area (Å²) in [5.41, 5.74) is 3.98. The van der Waals surface area contributed by atoms with E-state index in [0.29, 0.717) is 22.5 Å². The van der Waals surface area contributed by atoms with Crippen LogP contribution in [0.1, 0.15) is 26.3 Å². The Labute approximate surface area is 168 Å². The Morgan fingerprint density at radius 3 is 2.17 bits per heavy atom. The zero-order chi connectivity index (χ0) is 20.2. The lowest BCUT2D eigenvalue weighted by Crippen LogP contribution is -2.15. The van der Waals surface area contributed by atoms with Crippen molar-refractivity contribution >= 4 is 34.1 Å². The van der Waals surface area contributed by atoms with Crippen molar-refractivity contribution in [1.82, 2.24) is 4.98 Å². The monoisotopic (exact) mass is 381 g/mol. The molecule has 0 saturated carbocycles. The third-order valence-corrected chi connectivity index (χ3v) is 4.58. The van der Waals surface area contributed by atoms with Crippen molar-refractivity contribution in [3.8, 4) is 0 Å². The smallest absolute Gasteiger partial charge is 0.255 e. The molecular weight excluding hydrogens is 362 g/mol. The number of hydrogen-bond donors (Lipinski definition) is 2. The van der Waals surface area contributed by atoms with Crippen LogP contribution in [0.4, 0.5) is 11.4 Å². The van der Waals surface area contributed by atoms with E-state index >= 15 is 0 Å². The van der Waals surface area contributed by atoms with Gasteiger partial charge in [-0.1, -0.05) is 42.0 Å². The van der Waals surface area contributed by atoms with Gasteiger partial charge in [-0.3, -0.25) is 14.6 Å². The van der Waals surface area contributed by atoms with Gasteiger partial charge in [0, 0.05) is 28.4 Å². The number of aryl methyl sites for hydroxylation is 1. The molecule has 0 radical (unpaired) electrons. The Morgan fingerprint density at radius 1 is 0.759 bits per heavy atom. The molecule has 5 heteroatoms. The van der Waals surface area contributed by atoms with Gasteiger partial charge in [0.25, 0.3) is 11.8 Å². The van der Waals surface area contributed by atoms with Crippen molar-refractivity contribution in [2.24, 2.45) is 0 Å². The molecule has 4 aromatic rings. The standard InChI is InChI=1S/C24H19N3O2/c1-16-10-12-20(13-11-16)26-23(28)18-6-2-7-19(15-18)24(29)27-21-9-3-5-17-8-4-14-25-22(17)21/h2-15H,1H3,(H,26,28)(H,27,29). The Kier molecular flexibility index (Phi) is 5.03. The summed E-state index contributed by atoms with van der Waals surface area (Å²) in [4.78, 5) is 29.7. The number of aromatic nitrogens is 1. The number of para-hydroxylation sites is 1. The second kappa shape index (κ2) is 7.94. The van der Waals surface area contributed by atoms with Crippen molar-refractivity contribution in [2.75, 3.05) is 10.6 Å². The molecule has 29 heavy (non-hydrogen) atoms. The number of fused-ring (bicyclic) bond motifs is 1. The highest BCUT2D eigenvalue weighted by Crippen LogP contribution is 2.21. The molecule has 5 nitrogen and oxygen atoms in total. The summed E-state index contributed by atoms with van der Waals surface area (Å²) in [6.07, 6.45) is 1.69. The number of nitrogens with zero attached hydrogens (tertiary/aromatic N) is 1. The Bertz CT molecular complexity index is 1190. The first-order valence-electron chi connectivity index (χ1n) is 9.23. The summed E-state index contributed by atoms with van der Waals surface area (Å²) in [7, 11) is 0. The van der Waals surface area contributed by atoms with Crippen LogP contribution < -0.4 is 10.6 Å². The highest BCUT2D eigenvalue weighted by atomic mass is 16.2. The molecule has 142 valence electrons. The van der Waals surface area contributed by atoms with E-state index in [9.17, 15) is 9.59 Å². The molecule has 3 aromatic carbocycles. The van der Waals surface area contributed by atoms with Gasteiger partial charge < -0.3 is 10.6 Å². The number of carbonyl (C=O) groups is 2. The number of carbonyl (C=O) groups excluding carboxylic acids is 2. The first-order chi connectivity index (χ1) is 14.1. The molecule has 1 heterocycles. The Balaban J connectivity index is 1.54.